The van der Waals surface area contributed by atoms with E-state index in [1.807, 2.05) is 35.2 Å². The molecule has 4 aliphatic rings. The van der Waals surface area contributed by atoms with Crippen LogP contribution in [0.15, 0.2) is 48.5 Å². The lowest BCUT2D eigenvalue weighted by atomic mass is 9.52. The maximum atomic E-state index is 13.3. The average molecular weight is 447 g/mol. The number of likely N-dealkylation sites (tertiary alicyclic amines) is 2. The molecule has 2 aliphatic heterocycles. The Labute approximate surface area is 196 Å². The number of aliphatic hydroxyl groups is 1. The molecule has 2 aromatic carbocycles. The summed E-state index contributed by atoms with van der Waals surface area (Å²) in [6.45, 7) is 3.38. The van der Waals surface area contributed by atoms with Gasteiger partial charge in [0.05, 0.1) is 12.7 Å². The highest BCUT2D eigenvalue weighted by atomic mass is 16.5. The van der Waals surface area contributed by atoms with Gasteiger partial charge in [0.1, 0.15) is 5.75 Å². The number of amides is 1. The molecular formula is C28H34N2O3. The standard InChI is InChI=1S/C28H34N2O3/c1-33-23-10-9-22-17-25-28(32)13-16-29(26(31)21-5-3-2-4-6-21)14-11-27(28,24(22)18-23)12-15-30(25)19-20-7-8-20/h2-6,9-10,18,20,25,32H,7-8,11-17,19H2,1H3/t25-,27+,28-/m1/s1. The van der Waals surface area contributed by atoms with E-state index in [1.54, 1.807) is 7.11 Å². The van der Waals surface area contributed by atoms with E-state index in [0.717, 1.165) is 49.6 Å². The number of benzene rings is 2. The molecule has 2 bridgehead atoms. The van der Waals surface area contributed by atoms with Gasteiger partial charge in [0.15, 0.2) is 0 Å². The van der Waals surface area contributed by atoms with Gasteiger partial charge >= 0.3 is 0 Å². The van der Waals surface area contributed by atoms with Crippen molar-refractivity contribution in [3.05, 3.63) is 65.2 Å². The first-order chi connectivity index (χ1) is 16.0. The molecule has 1 N–H and O–H groups in total. The predicted molar refractivity (Wildman–Crippen MR) is 128 cm³/mol. The van der Waals surface area contributed by atoms with Crippen molar-refractivity contribution in [1.29, 1.82) is 0 Å². The zero-order chi connectivity index (χ0) is 22.6. The van der Waals surface area contributed by atoms with Crippen LogP contribution in [0.5, 0.6) is 5.75 Å². The lowest BCUT2D eigenvalue weighted by Crippen LogP contribution is -2.71. The molecule has 1 amide bonds. The third kappa shape index (κ3) is 3.31. The first-order valence-electron chi connectivity index (χ1n) is 12.5. The molecule has 3 fully saturated rings. The minimum atomic E-state index is -0.842. The van der Waals surface area contributed by atoms with Crippen molar-refractivity contribution < 1.29 is 14.6 Å². The summed E-state index contributed by atoms with van der Waals surface area (Å²) in [4.78, 5) is 17.9. The third-order valence-corrected chi connectivity index (χ3v) is 8.96. The highest BCUT2D eigenvalue weighted by molar-refractivity contribution is 5.94. The maximum absolute atomic E-state index is 13.3. The fraction of sp³-hybridized carbons (Fsp3) is 0.536. The maximum Gasteiger partial charge on any atom is 0.253 e. The van der Waals surface area contributed by atoms with E-state index in [0.29, 0.717) is 19.5 Å². The SMILES string of the molecule is COc1ccc2c(c1)[C@@]13CCN(C(=O)c4ccccc4)CC[C@@]1(O)[C@@H](C2)N(CC1CC1)CC3. The van der Waals surface area contributed by atoms with Gasteiger partial charge in [-0.25, -0.2) is 0 Å². The van der Waals surface area contributed by atoms with Gasteiger partial charge in [-0.15, -0.1) is 0 Å². The number of nitrogens with zero attached hydrogens (tertiary/aromatic N) is 2. The van der Waals surface area contributed by atoms with Crippen LogP contribution in [-0.2, 0) is 11.8 Å². The van der Waals surface area contributed by atoms with Crippen molar-refractivity contribution in [2.24, 2.45) is 5.92 Å². The van der Waals surface area contributed by atoms with Gasteiger partial charge in [0, 0.05) is 36.7 Å². The van der Waals surface area contributed by atoms with Crippen LogP contribution in [0.4, 0.5) is 0 Å². The second-order valence-corrected chi connectivity index (χ2v) is 10.6. The number of hydrogen-bond donors (Lipinski definition) is 1. The van der Waals surface area contributed by atoms with E-state index >= 15 is 0 Å². The van der Waals surface area contributed by atoms with Crippen LogP contribution in [0.3, 0.4) is 0 Å². The van der Waals surface area contributed by atoms with Gasteiger partial charge in [-0.2, -0.15) is 0 Å². The van der Waals surface area contributed by atoms with Gasteiger partial charge in [-0.1, -0.05) is 24.3 Å². The fourth-order valence-electron chi connectivity index (χ4n) is 6.95. The third-order valence-electron chi connectivity index (χ3n) is 8.96. The van der Waals surface area contributed by atoms with Gasteiger partial charge in [0.25, 0.3) is 5.91 Å². The van der Waals surface area contributed by atoms with E-state index in [1.165, 1.54) is 24.0 Å². The molecule has 1 saturated carbocycles. The van der Waals surface area contributed by atoms with E-state index in [9.17, 15) is 9.90 Å². The molecule has 0 unspecified atom stereocenters. The van der Waals surface area contributed by atoms with Crippen molar-refractivity contribution in [2.75, 3.05) is 33.3 Å². The molecular weight excluding hydrogens is 412 g/mol. The van der Waals surface area contributed by atoms with Crippen LogP contribution in [0.25, 0.3) is 0 Å². The molecule has 0 aromatic heterocycles. The summed E-state index contributed by atoms with van der Waals surface area (Å²) in [7, 11) is 1.71. The summed E-state index contributed by atoms with van der Waals surface area (Å²) < 4.78 is 5.60. The summed E-state index contributed by atoms with van der Waals surface area (Å²) >= 11 is 0. The monoisotopic (exact) mass is 446 g/mol. The first-order valence-corrected chi connectivity index (χ1v) is 12.5. The zero-order valence-electron chi connectivity index (χ0n) is 19.5. The number of methoxy groups -OCH3 is 1. The van der Waals surface area contributed by atoms with Crippen LogP contribution >= 0.6 is 0 Å². The van der Waals surface area contributed by atoms with Crippen LogP contribution in [0.1, 0.15) is 53.6 Å². The molecule has 5 heteroatoms. The summed E-state index contributed by atoms with van der Waals surface area (Å²) in [5.41, 5.74) is 2.14. The highest BCUT2D eigenvalue weighted by Crippen LogP contribution is 2.56. The largest absolute Gasteiger partial charge is 0.497 e. The number of piperidine rings is 1. The lowest BCUT2D eigenvalue weighted by Gasteiger charge is -2.61. The van der Waals surface area contributed by atoms with E-state index < -0.39 is 5.60 Å². The summed E-state index contributed by atoms with van der Waals surface area (Å²) in [6, 6.07) is 16.1. The molecule has 33 heavy (non-hydrogen) atoms. The Balaban J connectivity index is 1.40. The first kappa shape index (κ1) is 21.2. The van der Waals surface area contributed by atoms with Crippen molar-refractivity contribution in [1.82, 2.24) is 9.80 Å². The van der Waals surface area contributed by atoms with E-state index in [-0.39, 0.29) is 17.4 Å². The Kier molecular flexibility index (Phi) is 5.04. The summed E-state index contributed by atoms with van der Waals surface area (Å²) in [5.74, 6) is 1.72. The molecule has 0 radical (unpaired) electrons. The smallest absolute Gasteiger partial charge is 0.253 e. The second-order valence-electron chi connectivity index (χ2n) is 10.6. The minimum Gasteiger partial charge on any atom is -0.497 e. The Bertz CT molecular complexity index is 1050. The number of carbonyl (C=O) groups is 1. The van der Waals surface area contributed by atoms with Crippen LogP contribution in [0, 0.1) is 5.92 Å². The van der Waals surface area contributed by atoms with Crippen molar-refractivity contribution in [3.8, 4) is 5.75 Å². The van der Waals surface area contributed by atoms with Gasteiger partial charge in [-0.05, 0) is 86.4 Å². The Morgan fingerprint density at radius 2 is 1.82 bits per heavy atom. The number of hydrogen-bond acceptors (Lipinski definition) is 4. The molecule has 6 rings (SSSR count). The van der Waals surface area contributed by atoms with Crippen LogP contribution < -0.4 is 4.74 Å². The number of carbonyl (C=O) groups excluding carboxylic acids is 1. The molecule has 2 saturated heterocycles. The van der Waals surface area contributed by atoms with Crippen molar-refractivity contribution in [2.45, 2.75) is 55.6 Å². The van der Waals surface area contributed by atoms with Gasteiger partial charge < -0.3 is 14.7 Å². The van der Waals surface area contributed by atoms with Gasteiger partial charge in [0.2, 0.25) is 0 Å². The van der Waals surface area contributed by atoms with E-state index in [2.05, 4.69) is 23.1 Å². The topological polar surface area (TPSA) is 53.0 Å². The summed E-state index contributed by atoms with van der Waals surface area (Å²) in [5, 5.41) is 12.6. The van der Waals surface area contributed by atoms with E-state index in [4.69, 9.17) is 4.74 Å². The molecule has 3 atom stereocenters. The Hall–Kier alpha value is -2.37. The molecule has 5 nitrogen and oxygen atoms in total. The number of rotatable bonds is 4. The fourth-order valence-corrected chi connectivity index (χ4v) is 6.95. The molecule has 0 spiro atoms. The van der Waals surface area contributed by atoms with Crippen molar-refractivity contribution in [3.63, 3.8) is 0 Å². The predicted octanol–water partition coefficient (Wildman–Crippen LogP) is 3.64. The molecule has 2 heterocycles. The summed E-state index contributed by atoms with van der Waals surface area (Å²) in [6.07, 6.45) is 5.85. The molecule has 2 aromatic rings. The molecule has 2 aliphatic carbocycles. The number of fused-ring (bicyclic) bond motifs is 1. The Morgan fingerprint density at radius 3 is 2.58 bits per heavy atom. The normalized spacial score (nSPS) is 31.3. The Morgan fingerprint density at radius 1 is 1.06 bits per heavy atom. The molecule has 174 valence electrons. The average Bonchev–Trinajstić information content (AvgIpc) is 3.67. The number of ether oxygens (including phenoxy) is 1. The minimum absolute atomic E-state index is 0.0736. The van der Waals surface area contributed by atoms with Gasteiger partial charge in [-0.3, -0.25) is 9.69 Å². The second kappa shape index (κ2) is 7.85. The van der Waals surface area contributed by atoms with Crippen molar-refractivity contribution >= 4 is 5.91 Å². The zero-order valence-corrected chi connectivity index (χ0v) is 19.5. The lowest BCUT2D eigenvalue weighted by molar-refractivity contribution is -0.149. The van der Waals surface area contributed by atoms with Crippen LogP contribution in [0.2, 0.25) is 0 Å². The highest BCUT2D eigenvalue weighted by Gasteiger charge is 2.63. The van der Waals surface area contributed by atoms with Crippen LogP contribution in [-0.4, -0.2) is 65.7 Å². The quantitative estimate of drug-likeness (QED) is 0.779.